The Morgan fingerprint density at radius 1 is 1.13 bits per heavy atom. The molecular formula is C14H12AlNO7. The minimum atomic E-state index is -0.532. The number of ether oxygens (including phenoxy) is 1. The van der Waals surface area contributed by atoms with Crippen LogP contribution in [0.25, 0.3) is 0 Å². The largest absolute Gasteiger partial charge is 0.870 e. The van der Waals surface area contributed by atoms with E-state index in [1.54, 1.807) is 24.3 Å². The van der Waals surface area contributed by atoms with Gasteiger partial charge in [-0.1, -0.05) is 0 Å². The summed E-state index contributed by atoms with van der Waals surface area (Å²) in [4.78, 5) is 21.8. The van der Waals surface area contributed by atoms with E-state index < -0.39 is 10.9 Å². The van der Waals surface area contributed by atoms with Crippen LogP contribution < -0.4 is 4.74 Å². The number of nitrogens with zero attached hydrogens (tertiary/aromatic N) is 1. The molecule has 0 saturated heterocycles. The molecular weight excluding hydrogens is 321 g/mol. The molecule has 0 spiro atoms. The van der Waals surface area contributed by atoms with E-state index in [1.165, 1.54) is 18.2 Å². The fraction of sp³-hybridized carbons (Fsp3) is 0.0714. The molecule has 0 amide bonds. The summed E-state index contributed by atoms with van der Waals surface area (Å²) in [5.74, 6) is 0.103. The zero-order valence-corrected chi connectivity index (χ0v) is 12.9. The van der Waals surface area contributed by atoms with Crippen molar-refractivity contribution in [2.75, 3.05) is 0 Å². The van der Waals surface area contributed by atoms with Crippen LogP contribution in [-0.4, -0.2) is 38.5 Å². The zero-order valence-electron chi connectivity index (χ0n) is 11.8. The Morgan fingerprint density at radius 3 is 2.35 bits per heavy atom. The molecule has 2 N–H and O–H groups in total. The van der Waals surface area contributed by atoms with Crippen LogP contribution in [0.2, 0.25) is 0 Å². The molecule has 8 nitrogen and oxygen atoms in total. The van der Waals surface area contributed by atoms with Crippen molar-refractivity contribution >= 4 is 28.3 Å². The summed E-state index contributed by atoms with van der Waals surface area (Å²) in [5.41, 5.74) is 0.404. The van der Waals surface area contributed by atoms with Crippen molar-refractivity contribution in [1.82, 2.24) is 0 Å². The molecule has 0 bridgehead atoms. The van der Waals surface area contributed by atoms with Gasteiger partial charge in [-0.15, -0.1) is 0 Å². The molecule has 0 atom stereocenters. The van der Waals surface area contributed by atoms with Gasteiger partial charge < -0.3 is 11.0 Å². The van der Waals surface area contributed by atoms with E-state index in [-0.39, 0.29) is 28.8 Å². The molecule has 2 rings (SSSR count). The quantitative estimate of drug-likeness (QED) is 0.464. The van der Waals surface area contributed by atoms with Crippen LogP contribution in [0, 0.1) is 10.1 Å². The summed E-state index contributed by atoms with van der Waals surface area (Å²) in [6.07, 6.45) is 0.00659. The van der Waals surface area contributed by atoms with Crippen LogP contribution >= 0.6 is 0 Å². The van der Waals surface area contributed by atoms with Crippen molar-refractivity contribution in [2.45, 2.75) is 6.42 Å². The summed E-state index contributed by atoms with van der Waals surface area (Å²) < 4.78 is 10.0. The van der Waals surface area contributed by atoms with E-state index in [0.717, 1.165) is 0 Å². The molecule has 0 aliphatic heterocycles. The Balaban J connectivity index is 0.00000242. The molecule has 0 aliphatic carbocycles. The van der Waals surface area contributed by atoms with Crippen molar-refractivity contribution in [1.29, 1.82) is 0 Å². The van der Waals surface area contributed by atoms with Gasteiger partial charge in [0, 0.05) is 0 Å². The summed E-state index contributed by atoms with van der Waals surface area (Å²) in [5, 5.41) is 11.0. The third-order valence-corrected chi connectivity index (χ3v) is 2.93. The Morgan fingerprint density at radius 2 is 1.78 bits per heavy atom. The second kappa shape index (κ2) is 9.55. The van der Waals surface area contributed by atoms with Crippen molar-refractivity contribution < 1.29 is 29.2 Å². The van der Waals surface area contributed by atoms with Crippen LogP contribution in [0.1, 0.15) is 5.56 Å². The Labute approximate surface area is 140 Å². The second-order valence-corrected chi connectivity index (χ2v) is 4.38. The molecule has 23 heavy (non-hydrogen) atoms. The minimum absolute atomic E-state index is 0. The smallest absolute Gasteiger partial charge is 0.870 e. The molecule has 0 heterocycles. The average molecular weight is 333 g/mol. The third kappa shape index (κ3) is 5.69. The van der Waals surface area contributed by atoms with E-state index in [1.807, 2.05) is 22.7 Å². The van der Waals surface area contributed by atoms with Gasteiger partial charge in [0.15, 0.2) is 0 Å². The van der Waals surface area contributed by atoms with Crippen LogP contribution in [0.4, 0.5) is 5.69 Å². The fourth-order valence-corrected chi connectivity index (χ4v) is 1.81. The van der Waals surface area contributed by atoms with Gasteiger partial charge in [-0.25, -0.2) is 0 Å². The van der Waals surface area contributed by atoms with Gasteiger partial charge in [0.1, 0.15) is 0 Å². The van der Waals surface area contributed by atoms with Gasteiger partial charge in [-0.3, -0.25) is 0 Å². The first-order valence-corrected chi connectivity index (χ1v) is 6.47. The van der Waals surface area contributed by atoms with Gasteiger partial charge in [-0.05, 0) is 0 Å². The average Bonchev–Trinajstić information content (AvgIpc) is 2.48. The number of nitro benzene ring substituents is 1. The van der Waals surface area contributed by atoms with Crippen LogP contribution in [-0.2, 0) is 15.0 Å². The van der Waals surface area contributed by atoms with Crippen molar-refractivity contribution in [3.05, 3.63) is 64.2 Å². The topological polar surface area (TPSA) is 139 Å². The molecule has 118 valence electrons. The number of carbonyl (C=O) groups is 1. The normalized spacial score (nSPS) is 9.13. The van der Waals surface area contributed by atoms with Gasteiger partial charge in [0.25, 0.3) is 0 Å². The van der Waals surface area contributed by atoms with Crippen LogP contribution in [0.5, 0.6) is 11.5 Å². The molecule has 2 aromatic carbocycles. The van der Waals surface area contributed by atoms with E-state index in [4.69, 9.17) is 4.74 Å². The van der Waals surface area contributed by atoms with E-state index in [2.05, 4.69) is 3.79 Å². The van der Waals surface area contributed by atoms with E-state index >= 15 is 0 Å². The predicted octanol–water partition coefficient (Wildman–Crippen LogP) is 2.20. The predicted molar refractivity (Wildman–Crippen MR) is 79.0 cm³/mol. The van der Waals surface area contributed by atoms with Crippen molar-refractivity contribution in [3.8, 4) is 11.5 Å². The number of carbonyl (C=O) groups excluding carboxylic acids is 1. The molecule has 2 aromatic rings. The van der Waals surface area contributed by atoms with E-state index in [0.29, 0.717) is 11.3 Å². The van der Waals surface area contributed by atoms with Gasteiger partial charge in [0.2, 0.25) is 0 Å². The van der Waals surface area contributed by atoms with Crippen molar-refractivity contribution in [2.24, 2.45) is 0 Å². The maximum atomic E-state index is 11.3. The minimum Gasteiger partial charge on any atom is -0.870 e. The third-order valence-electron chi connectivity index (χ3n) is 2.67. The number of para-hydroxylation sites is 1. The molecule has 0 aliphatic rings. The summed E-state index contributed by atoms with van der Waals surface area (Å²) in [6, 6.07) is 13.0. The monoisotopic (exact) mass is 333 g/mol. The Hall–Kier alpha value is -2.44. The van der Waals surface area contributed by atoms with Gasteiger partial charge in [0.05, 0.1) is 0 Å². The number of nitro groups is 1. The molecule has 0 saturated carbocycles. The first-order valence-electron chi connectivity index (χ1n) is 6.00. The maximum absolute atomic E-state index is 11.3. The van der Waals surface area contributed by atoms with Crippen molar-refractivity contribution in [3.63, 3.8) is 0 Å². The second-order valence-electron chi connectivity index (χ2n) is 4.14. The number of rotatable bonds is 5. The van der Waals surface area contributed by atoms with Crippen LogP contribution in [0.3, 0.4) is 0 Å². The SMILES string of the molecule is O=C(Cc1ccc([N+](=O)[O-])c(Oc2ccccc2)c1)[O][Al+2].[OH-].[OH-]. The van der Waals surface area contributed by atoms with Gasteiger partial charge in [-0.2, -0.15) is 0 Å². The first kappa shape index (κ1) is 20.6. The molecule has 0 radical (unpaired) electrons. The first-order chi connectivity index (χ1) is 10.1. The molecule has 9 heteroatoms. The number of hydrogen-bond donors (Lipinski definition) is 0. The Kier molecular flexibility index (Phi) is 8.54. The molecule has 0 fully saturated rings. The zero-order chi connectivity index (χ0) is 15.2. The maximum Gasteiger partial charge on any atom is -0.870 e. The standard InChI is InChI=1S/C14H11NO5.Al.2H2O/c16-14(17)9-10-6-7-12(15(18)19)13(8-10)20-11-4-2-1-3-5-11;;;/h1-8H,9H2,(H,16,17);;2*1H2/q;+3;;/p-3. The molecule has 0 unspecified atom stereocenters. The summed E-state index contributed by atoms with van der Waals surface area (Å²) in [7, 11) is 0. The number of hydrogen-bond acceptors (Lipinski definition) is 7. The number of benzene rings is 2. The van der Waals surface area contributed by atoms with Crippen LogP contribution in [0.15, 0.2) is 48.5 Å². The summed E-state index contributed by atoms with van der Waals surface area (Å²) >= 11 is 1.87. The van der Waals surface area contributed by atoms with Gasteiger partial charge >= 0.3 is 129 Å². The fourth-order valence-electron chi connectivity index (χ4n) is 1.72. The van der Waals surface area contributed by atoms with E-state index in [9.17, 15) is 14.9 Å². The Bertz CT molecular complexity index is 663. The molecule has 0 aromatic heterocycles. The summed E-state index contributed by atoms with van der Waals surface area (Å²) in [6.45, 7) is 0.